The molecule has 0 N–H and O–H groups in total. The van der Waals surface area contributed by atoms with Crippen LogP contribution < -0.4 is 9.47 Å². The monoisotopic (exact) mass is 459 g/mol. The molecule has 0 aliphatic heterocycles. The minimum Gasteiger partial charge on any atom is -0.497 e. The average Bonchev–Trinajstić information content (AvgIpc) is 3.24. The van der Waals surface area contributed by atoms with Gasteiger partial charge in [0.2, 0.25) is 10.0 Å². The molecule has 3 rings (SSSR count). The van der Waals surface area contributed by atoms with E-state index in [4.69, 9.17) is 14.0 Å². The normalized spacial score (nSPS) is 11.8. The van der Waals surface area contributed by atoms with E-state index in [9.17, 15) is 8.42 Å². The zero-order chi connectivity index (χ0) is 23.1. The van der Waals surface area contributed by atoms with Crippen LogP contribution in [0.15, 0.2) is 57.9 Å². The van der Waals surface area contributed by atoms with E-state index in [-0.39, 0.29) is 18.0 Å². The van der Waals surface area contributed by atoms with Crippen molar-refractivity contribution in [1.29, 1.82) is 0 Å². The molecule has 0 bridgehead atoms. The predicted molar refractivity (Wildman–Crippen MR) is 120 cm³/mol. The highest BCUT2D eigenvalue weighted by molar-refractivity contribution is 7.89. The van der Waals surface area contributed by atoms with Gasteiger partial charge in [-0.3, -0.25) is 0 Å². The van der Waals surface area contributed by atoms with E-state index in [2.05, 4.69) is 24.0 Å². The van der Waals surface area contributed by atoms with Gasteiger partial charge in [-0.05, 0) is 54.3 Å². The van der Waals surface area contributed by atoms with Gasteiger partial charge < -0.3 is 14.0 Å². The van der Waals surface area contributed by atoms with E-state index in [1.165, 1.54) is 4.31 Å². The first kappa shape index (κ1) is 23.7. The molecule has 0 saturated heterocycles. The first-order valence-corrected chi connectivity index (χ1v) is 11.9. The van der Waals surface area contributed by atoms with Gasteiger partial charge in [-0.1, -0.05) is 31.1 Å². The van der Waals surface area contributed by atoms with Crippen molar-refractivity contribution >= 4 is 10.0 Å². The van der Waals surface area contributed by atoms with E-state index in [0.29, 0.717) is 29.8 Å². The second kappa shape index (κ2) is 10.6. The van der Waals surface area contributed by atoms with Crippen LogP contribution in [-0.4, -0.2) is 43.6 Å². The van der Waals surface area contributed by atoms with Gasteiger partial charge in [-0.2, -0.15) is 4.98 Å². The third-order valence-electron chi connectivity index (χ3n) is 4.86. The maximum absolute atomic E-state index is 12.8. The van der Waals surface area contributed by atoms with E-state index in [0.717, 1.165) is 17.7 Å². The summed E-state index contributed by atoms with van der Waals surface area (Å²) in [6, 6.07) is 14.2. The largest absolute Gasteiger partial charge is 0.497 e. The molecule has 0 atom stereocenters. The quantitative estimate of drug-likeness (QED) is 0.431. The summed E-state index contributed by atoms with van der Waals surface area (Å²) in [5.41, 5.74) is 1.12. The highest BCUT2D eigenvalue weighted by Crippen LogP contribution is 2.19. The summed E-state index contributed by atoms with van der Waals surface area (Å²) in [6.07, 6.45) is 1.24. The summed E-state index contributed by atoms with van der Waals surface area (Å²) in [7, 11) is -0.441. The lowest BCUT2D eigenvalue weighted by Crippen LogP contribution is -2.29. The Balaban J connectivity index is 1.52. The number of aromatic nitrogens is 2. The molecular formula is C23H29N3O5S. The van der Waals surface area contributed by atoms with Crippen LogP contribution in [0, 0.1) is 5.92 Å². The Labute approximate surface area is 189 Å². The predicted octanol–water partition coefficient (Wildman–Crippen LogP) is 3.72. The molecule has 172 valence electrons. The Kier molecular flexibility index (Phi) is 7.87. The van der Waals surface area contributed by atoms with Crippen molar-refractivity contribution in [2.45, 2.75) is 38.2 Å². The fraction of sp³-hybridized carbons (Fsp3) is 0.391. The number of methoxy groups -OCH3 is 1. The molecule has 2 aromatic carbocycles. The summed E-state index contributed by atoms with van der Waals surface area (Å²) in [5, 5.41) is 3.91. The zero-order valence-corrected chi connectivity index (χ0v) is 19.6. The van der Waals surface area contributed by atoms with Crippen molar-refractivity contribution in [3.8, 4) is 11.5 Å². The van der Waals surface area contributed by atoms with Gasteiger partial charge in [0.1, 0.15) is 11.5 Å². The van der Waals surface area contributed by atoms with Gasteiger partial charge in [-0.15, -0.1) is 0 Å². The van der Waals surface area contributed by atoms with Gasteiger partial charge in [0, 0.05) is 20.0 Å². The average molecular weight is 460 g/mol. The van der Waals surface area contributed by atoms with E-state index in [1.807, 2.05) is 12.1 Å². The smallest absolute Gasteiger partial charge is 0.264 e. The molecular weight excluding hydrogens is 430 g/mol. The molecule has 0 amide bonds. The molecule has 0 radical (unpaired) electrons. The lowest BCUT2D eigenvalue weighted by atomic mass is 10.0. The molecule has 0 fully saturated rings. The maximum atomic E-state index is 12.8. The fourth-order valence-electron chi connectivity index (χ4n) is 3.09. The number of nitrogens with zero attached hydrogens (tertiary/aromatic N) is 3. The number of sulfonamides is 1. The second-order valence-corrected chi connectivity index (χ2v) is 9.93. The standard InChI is InChI=1S/C23H29N3O5S/c1-17(2)15-18-5-11-21(12-6-18)32(27,28)26(3)14-13-22-24-23(31-25-22)16-30-20-9-7-19(29-4)8-10-20/h5-12,17H,13-16H2,1-4H3. The molecule has 9 heteroatoms. The van der Waals surface area contributed by atoms with Crippen LogP contribution in [0.1, 0.15) is 31.1 Å². The third kappa shape index (κ3) is 6.30. The molecule has 0 spiro atoms. The number of hydrogen-bond donors (Lipinski definition) is 0. The molecule has 1 aromatic heterocycles. The first-order valence-electron chi connectivity index (χ1n) is 10.4. The van der Waals surface area contributed by atoms with Crippen LogP contribution in [0.25, 0.3) is 0 Å². The first-order chi connectivity index (χ1) is 15.3. The molecule has 0 aliphatic rings. The van der Waals surface area contributed by atoms with Crippen molar-refractivity contribution in [2.24, 2.45) is 5.92 Å². The molecule has 0 saturated carbocycles. The lowest BCUT2D eigenvalue weighted by molar-refractivity contribution is 0.242. The number of benzene rings is 2. The molecule has 1 heterocycles. The second-order valence-electron chi connectivity index (χ2n) is 7.89. The van der Waals surface area contributed by atoms with Crippen molar-refractivity contribution in [3.05, 3.63) is 65.8 Å². The van der Waals surface area contributed by atoms with Gasteiger partial charge in [-0.25, -0.2) is 12.7 Å². The summed E-state index contributed by atoms with van der Waals surface area (Å²) in [6.45, 7) is 4.62. The van der Waals surface area contributed by atoms with Crippen molar-refractivity contribution < 1.29 is 22.4 Å². The topological polar surface area (TPSA) is 94.8 Å². The van der Waals surface area contributed by atoms with E-state index in [1.54, 1.807) is 50.6 Å². The Morgan fingerprint density at radius 3 is 2.31 bits per heavy atom. The molecule has 3 aromatic rings. The Hall–Kier alpha value is -2.91. The Bertz CT molecular complexity index is 1090. The minimum absolute atomic E-state index is 0.121. The maximum Gasteiger partial charge on any atom is 0.264 e. The van der Waals surface area contributed by atoms with Crippen LogP contribution in [0.2, 0.25) is 0 Å². The van der Waals surface area contributed by atoms with Crippen LogP contribution in [0.4, 0.5) is 0 Å². The molecule has 32 heavy (non-hydrogen) atoms. The van der Waals surface area contributed by atoms with Gasteiger partial charge in [0.05, 0.1) is 12.0 Å². The van der Waals surface area contributed by atoms with Crippen molar-refractivity contribution in [3.63, 3.8) is 0 Å². The summed E-state index contributed by atoms with van der Waals surface area (Å²) in [4.78, 5) is 4.55. The SMILES string of the molecule is COc1ccc(OCc2nc(CCN(C)S(=O)(=O)c3ccc(CC(C)C)cc3)no2)cc1. The molecule has 0 aliphatic carbocycles. The number of hydrogen-bond acceptors (Lipinski definition) is 7. The van der Waals surface area contributed by atoms with Crippen LogP contribution >= 0.6 is 0 Å². The Morgan fingerprint density at radius 2 is 1.69 bits per heavy atom. The van der Waals surface area contributed by atoms with Gasteiger partial charge in [0.15, 0.2) is 12.4 Å². The number of rotatable bonds is 11. The summed E-state index contributed by atoms with van der Waals surface area (Å²) < 4.78 is 42.9. The highest BCUT2D eigenvalue weighted by atomic mass is 32.2. The summed E-state index contributed by atoms with van der Waals surface area (Å²) >= 11 is 0. The zero-order valence-electron chi connectivity index (χ0n) is 18.8. The Morgan fingerprint density at radius 1 is 1.03 bits per heavy atom. The van der Waals surface area contributed by atoms with Crippen molar-refractivity contribution in [1.82, 2.24) is 14.4 Å². The minimum atomic E-state index is -3.59. The van der Waals surface area contributed by atoms with Crippen LogP contribution in [0.3, 0.4) is 0 Å². The van der Waals surface area contributed by atoms with Crippen molar-refractivity contribution in [2.75, 3.05) is 20.7 Å². The summed E-state index contributed by atoms with van der Waals surface area (Å²) in [5.74, 6) is 2.65. The van der Waals surface area contributed by atoms with E-state index < -0.39 is 10.0 Å². The highest BCUT2D eigenvalue weighted by Gasteiger charge is 2.21. The number of ether oxygens (including phenoxy) is 2. The fourth-order valence-corrected chi connectivity index (χ4v) is 4.27. The van der Waals surface area contributed by atoms with E-state index >= 15 is 0 Å². The van der Waals surface area contributed by atoms with Gasteiger partial charge in [0.25, 0.3) is 5.89 Å². The van der Waals surface area contributed by atoms with Gasteiger partial charge >= 0.3 is 0 Å². The van der Waals surface area contributed by atoms with Crippen LogP contribution in [-0.2, 0) is 29.5 Å². The lowest BCUT2D eigenvalue weighted by Gasteiger charge is -2.16. The number of likely N-dealkylation sites (N-methyl/N-ethyl adjacent to an activating group) is 1. The molecule has 8 nitrogen and oxygen atoms in total. The molecule has 0 unspecified atom stereocenters. The third-order valence-corrected chi connectivity index (χ3v) is 6.73. The van der Waals surface area contributed by atoms with Crippen LogP contribution in [0.5, 0.6) is 11.5 Å².